The topological polar surface area (TPSA) is 40.5 Å². The third-order valence-corrected chi connectivity index (χ3v) is 4.20. The van der Waals surface area contributed by atoms with Gasteiger partial charge in [0.2, 0.25) is 0 Å². The fourth-order valence-electron chi connectivity index (χ4n) is 2.91. The van der Waals surface area contributed by atoms with Gasteiger partial charge in [-0.25, -0.2) is 0 Å². The van der Waals surface area contributed by atoms with Crippen molar-refractivity contribution in [2.45, 2.75) is 12.3 Å². The Morgan fingerprint density at radius 2 is 1.05 bits per heavy atom. The third-order valence-electron chi connectivity index (χ3n) is 4.20. The van der Waals surface area contributed by atoms with Gasteiger partial charge in [-0.1, -0.05) is 54.6 Å². The molecule has 0 heterocycles. The van der Waals surface area contributed by atoms with Crippen LogP contribution >= 0.6 is 0 Å². The number of hydrogen-bond acceptors (Lipinski definition) is 2. The summed E-state index contributed by atoms with van der Waals surface area (Å²) in [6.07, 6.45) is 0. The van der Waals surface area contributed by atoms with Crippen molar-refractivity contribution in [2.75, 3.05) is 0 Å². The second-order valence-corrected chi connectivity index (χ2v) is 5.59. The van der Waals surface area contributed by atoms with Crippen LogP contribution in [0.15, 0.2) is 78.9 Å². The number of phenolic OH excluding ortho intramolecular Hbond substituents is 2. The van der Waals surface area contributed by atoms with Crippen LogP contribution < -0.4 is 0 Å². The molecule has 2 N–H and O–H groups in total. The van der Waals surface area contributed by atoms with E-state index in [2.05, 4.69) is 19.1 Å². The van der Waals surface area contributed by atoms with Gasteiger partial charge < -0.3 is 10.2 Å². The van der Waals surface area contributed by atoms with Gasteiger partial charge in [-0.15, -0.1) is 0 Å². The van der Waals surface area contributed by atoms with E-state index in [0.717, 1.165) is 16.7 Å². The Hall–Kier alpha value is -2.74. The molecule has 0 aliphatic heterocycles. The maximum atomic E-state index is 9.88. The summed E-state index contributed by atoms with van der Waals surface area (Å²) >= 11 is 0. The third kappa shape index (κ3) is 2.44. The van der Waals surface area contributed by atoms with E-state index in [1.807, 2.05) is 42.5 Å². The largest absolute Gasteiger partial charge is 0.508 e. The number of benzene rings is 3. The van der Waals surface area contributed by atoms with Crippen LogP contribution in [0.5, 0.6) is 11.5 Å². The number of rotatable bonds is 3. The molecule has 0 aliphatic rings. The monoisotopic (exact) mass is 290 g/mol. The zero-order valence-corrected chi connectivity index (χ0v) is 12.4. The molecule has 0 fully saturated rings. The van der Waals surface area contributed by atoms with Gasteiger partial charge in [0.1, 0.15) is 11.5 Å². The van der Waals surface area contributed by atoms with Crippen molar-refractivity contribution in [1.29, 1.82) is 0 Å². The molecular formula is C20H18O2. The average molecular weight is 290 g/mol. The van der Waals surface area contributed by atoms with E-state index in [-0.39, 0.29) is 11.5 Å². The van der Waals surface area contributed by atoms with Gasteiger partial charge in [0, 0.05) is 5.41 Å². The van der Waals surface area contributed by atoms with Crippen molar-refractivity contribution in [3.05, 3.63) is 95.6 Å². The molecule has 0 bridgehead atoms. The van der Waals surface area contributed by atoms with E-state index in [4.69, 9.17) is 0 Å². The normalized spacial score (nSPS) is 11.3. The molecule has 22 heavy (non-hydrogen) atoms. The lowest BCUT2D eigenvalue weighted by Crippen LogP contribution is -2.25. The second kappa shape index (κ2) is 5.57. The Morgan fingerprint density at radius 1 is 0.591 bits per heavy atom. The van der Waals surface area contributed by atoms with Gasteiger partial charge in [-0.3, -0.25) is 0 Å². The predicted molar refractivity (Wildman–Crippen MR) is 88.2 cm³/mol. The second-order valence-electron chi connectivity index (χ2n) is 5.59. The highest BCUT2D eigenvalue weighted by Gasteiger charge is 2.31. The van der Waals surface area contributed by atoms with Crippen molar-refractivity contribution in [1.82, 2.24) is 0 Å². The molecule has 0 spiro atoms. The van der Waals surface area contributed by atoms with Crippen LogP contribution in [0.4, 0.5) is 0 Å². The van der Waals surface area contributed by atoms with Gasteiger partial charge in [-0.05, 0) is 47.9 Å². The van der Waals surface area contributed by atoms with Crippen LogP contribution in [0.1, 0.15) is 23.6 Å². The van der Waals surface area contributed by atoms with Crippen molar-refractivity contribution in [3.8, 4) is 11.5 Å². The maximum absolute atomic E-state index is 9.88. The Bertz CT molecular complexity index is 733. The van der Waals surface area contributed by atoms with E-state index < -0.39 is 5.41 Å². The van der Waals surface area contributed by atoms with Gasteiger partial charge in [-0.2, -0.15) is 0 Å². The predicted octanol–water partition coefficient (Wildman–Crippen LogP) is 4.45. The van der Waals surface area contributed by atoms with Crippen LogP contribution in [0, 0.1) is 0 Å². The first-order chi connectivity index (χ1) is 10.6. The number of aromatic hydroxyl groups is 2. The molecule has 0 aromatic heterocycles. The van der Waals surface area contributed by atoms with Gasteiger partial charge >= 0.3 is 0 Å². The molecule has 0 aliphatic carbocycles. The maximum Gasteiger partial charge on any atom is 0.115 e. The van der Waals surface area contributed by atoms with Crippen LogP contribution in [-0.2, 0) is 5.41 Å². The van der Waals surface area contributed by atoms with Gasteiger partial charge in [0.25, 0.3) is 0 Å². The lowest BCUT2D eigenvalue weighted by molar-refractivity contribution is 0.471. The molecule has 110 valence electrons. The molecule has 2 heteroatoms. The Morgan fingerprint density at radius 3 is 1.50 bits per heavy atom. The van der Waals surface area contributed by atoms with Crippen molar-refractivity contribution >= 4 is 0 Å². The van der Waals surface area contributed by atoms with Crippen molar-refractivity contribution in [3.63, 3.8) is 0 Å². The zero-order chi connectivity index (χ0) is 15.6. The molecule has 0 atom stereocenters. The molecular weight excluding hydrogens is 272 g/mol. The van der Waals surface area contributed by atoms with Crippen LogP contribution in [0.3, 0.4) is 0 Å². The van der Waals surface area contributed by atoms with E-state index in [9.17, 15) is 10.2 Å². The van der Waals surface area contributed by atoms with Crippen LogP contribution in [0.25, 0.3) is 0 Å². The summed E-state index contributed by atoms with van der Waals surface area (Å²) in [6, 6.07) is 24.7. The first-order valence-corrected chi connectivity index (χ1v) is 7.25. The lowest BCUT2D eigenvalue weighted by atomic mass is 9.71. The van der Waals surface area contributed by atoms with E-state index >= 15 is 0 Å². The SMILES string of the molecule is CC(c1ccccc1)(c1cccc(O)c1)c1cccc(O)c1. The van der Waals surface area contributed by atoms with E-state index in [1.165, 1.54) is 0 Å². The molecule has 0 amide bonds. The van der Waals surface area contributed by atoms with Gasteiger partial charge in [0.15, 0.2) is 0 Å². The average Bonchev–Trinajstić information content (AvgIpc) is 2.55. The molecule has 2 nitrogen and oxygen atoms in total. The molecule has 0 radical (unpaired) electrons. The number of hydrogen-bond donors (Lipinski definition) is 2. The summed E-state index contributed by atoms with van der Waals surface area (Å²) in [5, 5.41) is 19.8. The summed E-state index contributed by atoms with van der Waals surface area (Å²) in [4.78, 5) is 0. The standard InChI is InChI=1S/C20H18O2/c1-20(15-7-3-2-4-8-15,16-9-5-11-18(21)13-16)17-10-6-12-19(22)14-17/h2-14,21-22H,1H3. The summed E-state index contributed by atoms with van der Waals surface area (Å²) in [5.41, 5.74) is 2.60. The lowest BCUT2D eigenvalue weighted by Gasteiger charge is -2.32. The Labute approximate surface area is 130 Å². The number of phenols is 2. The summed E-state index contributed by atoms with van der Waals surface area (Å²) in [7, 11) is 0. The molecule has 3 rings (SSSR count). The highest BCUT2D eigenvalue weighted by Crippen LogP contribution is 2.40. The smallest absolute Gasteiger partial charge is 0.115 e. The summed E-state index contributed by atoms with van der Waals surface area (Å²) < 4.78 is 0. The molecule has 0 unspecified atom stereocenters. The van der Waals surface area contributed by atoms with Gasteiger partial charge in [0.05, 0.1) is 0 Å². The Balaban J connectivity index is 2.27. The minimum atomic E-state index is -0.460. The summed E-state index contributed by atoms with van der Waals surface area (Å²) in [5.74, 6) is 0.472. The highest BCUT2D eigenvalue weighted by molar-refractivity contribution is 5.52. The Kier molecular flexibility index (Phi) is 3.60. The molecule has 0 saturated carbocycles. The van der Waals surface area contributed by atoms with E-state index in [1.54, 1.807) is 24.3 Å². The molecule has 3 aromatic carbocycles. The zero-order valence-electron chi connectivity index (χ0n) is 12.4. The van der Waals surface area contributed by atoms with E-state index in [0.29, 0.717) is 0 Å². The first-order valence-electron chi connectivity index (χ1n) is 7.25. The summed E-state index contributed by atoms with van der Waals surface area (Å²) in [6.45, 7) is 2.10. The highest BCUT2D eigenvalue weighted by atomic mass is 16.3. The molecule has 0 saturated heterocycles. The minimum absolute atomic E-state index is 0.236. The fourth-order valence-corrected chi connectivity index (χ4v) is 2.91. The first kappa shape index (κ1) is 14.2. The fraction of sp³-hybridized carbons (Fsp3) is 0.100. The van der Waals surface area contributed by atoms with Crippen molar-refractivity contribution < 1.29 is 10.2 Å². The van der Waals surface area contributed by atoms with Crippen LogP contribution in [0.2, 0.25) is 0 Å². The molecule has 3 aromatic rings. The minimum Gasteiger partial charge on any atom is -0.508 e. The van der Waals surface area contributed by atoms with Crippen LogP contribution in [-0.4, -0.2) is 10.2 Å². The quantitative estimate of drug-likeness (QED) is 0.699. The van der Waals surface area contributed by atoms with Crippen molar-refractivity contribution in [2.24, 2.45) is 0 Å².